The molecule has 1 saturated heterocycles. The van der Waals surface area contributed by atoms with Crippen molar-refractivity contribution in [2.45, 2.75) is 25.7 Å². The second-order valence-electron chi connectivity index (χ2n) is 5.58. The van der Waals surface area contributed by atoms with Crippen LogP contribution in [0.5, 0.6) is 0 Å². The molecular formula is C16H18N4O2S. The molecule has 2 amide bonds. The summed E-state index contributed by atoms with van der Waals surface area (Å²) in [4.78, 5) is 33.9. The van der Waals surface area contributed by atoms with Crippen molar-refractivity contribution in [3.05, 3.63) is 41.2 Å². The maximum atomic E-state index is 12.6. The molecule has 3 heterocycles. The Morgan fingerprint density at radius 3 is 2.87 bits per heavy atom. The molecule has 3 rings (SSSR count). The summed E-state index contributed by atoms with van der Waals surface area (Å²) in [6.45, 7) is 2.89. The molecule has 0 saturated carbocycles. The van der Waals surface area contributed by atoms with Gasteiger partial charge in [-0.1, -0.05) is 0 Å². The van der Waals surface area contributed by atoms with Gasteiger partial charge in [0.25, 0.3) is 5.91 Å². The van der Waals surface area contributed by atoms with Crippen LogP contribution in [-0.2, 0) is 4.79 Å². The number of rotatable bonds is 3. The number of anilines is 1. The standard InChI is InChI=1S/C16H18N4O2S/c1-11(21)18-16-19-14(10-23-16)13-3-2-8-20(9-13)15(22)12-4-6-17-7-5-12/h4-7,10,13H,2-3,8-9H2,1H3,(H,18,19,21)/t13-/m0/s1. The Balaban J connectivity index is 1.69. The highest BCUT2D eigenvalue weighted by molar-refractivity contribution is 7.13. The van der Waals surface area contributed by atoms with Crippen molar-refractivity contribution < 1.29 is 9.59 Å². The van der Waals surface area contributed by atoms with Gasteiger partial charge in [-0.05, 0) is 25.0 Å². The summed E-state index contributed by atoms with van der Waals surface area (Å²) < 4.78 is 0. The van der Waals surface area contributed by atoms with Crippen molar-refractivity contribution in [3.63, 3.8) is 0 Å². The van der Waals surface area contributed by atoms with Gasteiger partial charge in [-0.25, -0.2) is 4.98 Å². The van der Waals surface area contributed by atoms with Gasteiger partial charge in [0.1, 0.15) is 0 Å². The van der Waals surface area contributed by atoms with Gasteiger partial charge in [0, 0.05) is 49.3 Å². The van der Waals surface area contributed by atoms with Gasteiger partial charge in [0.2, 0.25) is 5.91 Å². The second kappa shape index (κ2) is 6.87. The van der Waals surface area contributed by atoms with E-state index in [1.807, 2.05) is 10.3 Å². The van der Waals surface area contributed by atoms with E-state index in [9.17, 15) is 9.59 Å². The molecular weight excluding hydrogens is 312 g/mol. The molecule has 0 aliphatic carbocycles. The molecule has 0 unspecified atom stereocenters. The van der Waals surface area contributed by atoms with Crippen LogP contribution in [0.1, 0.15) is 41.7 Å². The Labute approximate surface area is 138 Å². The summed E-state index contributed by atoms with van der Waals surface area (Å²) in [6.07, 6.45) is 5.22. The van der Waals surface area contributed by atoms with Gasteiger partial charge >= 0.3 is 0 Å². The molecule has 7 heteroatoms. The molecule has 1 atom stereocenters. The van der Waals surface area contributed by atoms with Crippen LogP contribution in [0.2, 0.25) is 0 Å². The average molecular weight is 330 g/mol. The van der Waals surface area contributed by atoms with Crippen LogP contribution in [0.4, 0.5) is 5.13 Å². The molecule has 2 aromatic rings. The minimum absolute atomic E-state index is 0.0365. The Morgan fingerprint density at radius 1 is 1.35 bits per heavy atom. The first-order valence-electron chi connectivity index (χ1n) is 7.56. The van der Waals surface area contributed by atoms with Crippen molar-refractivity contribution in [1.29, 1.82) is 0 Å². The third-order valence-corrected chi connectivity index (χ3v) is 4.64. The molecule has 1 aliphatic rings. The van der Waals surface area contributed by atoms with Gasteiger partial charge in [-0.2, -0.15) is 0 Å². The summed E-state index contributed by atoms with van der Waals surface area (Å²) in [7, 11) is 0. The first kappa shape index (κ1) is 15.6. The smallest absolute Gasteiger partial charge is 0.253 e. The molecule has 0 radical (unpaired) electrons. The second-order valence-corrected chi connectivity index (χ2v) is 6.44. The van der Waals surface area contributed by atoms with E-state index >= 15 is 0 Å². The van der Waals surface area contributed by atoms with Crippen LogP contribution in [-0.4, -0.2) is 39.8 Å². The van der Waals surface area contributed by atoms with E-state index in [4.69, 9.17) is 0 Å². The number of aromatic nitrogens is 2. The predicted octanol–water partition coefficient (Wildman–Crippen LogP) is 2.52. The number of piperidine rings is 1. The maximum absolute atomic E-state index is 12.6. The van der Waals surface area contributed by atoms with Crippen LogP contribution < -0.4 is 5.32 Å². The fourth-order valence-corrected chi connectivity index (χ4v) is 3.60. The number of likely N-dealkylation sites (tertiary alicyclic amines) is 1. The molecule has 0 bridgehead atoms. The molecule has 2 aromatic heterocycles. The highest BCUT2D eigenvalue weighted by Gasteiger charge is 2.27. The number of hydrogen-bond acceptors (Lipinski definition) is 5. The zero-order chi connectivity index (χ0) is 16.2. The monoisotopic (exact) mass is 330 g/mol. The molecule has 120 valence electrons. The SMILES string of the molecule is CC(=O)Nc1nc([C@H]2CCCN(C(=O)c3ccncc3)C2)cs1. The summed E-state index contributed by atoms with van der Waals surface area (Å²) in [5, 5.41) is 5.29. The van der Waals surface area contributed by atoms with Crippen molar-refractivity contribution in [1.82, 2.24) is 14.9 Å². The molecule has 0 aromatic carbocycles. The highest BCUT2D eigenvalue weighted by Crippen LogP contribution is 2.30. The number of carbonyl (C=O) groups excluding carboxylic acids is 2. The number of hydrogen-bond donors (Lipinski definition) is 1. The number of pyridine rings is 1. The van der Waals surface area contributed by atoms with E-state index in [2.05, 4.69) is 15.3 Å². The first-order valence-corrected chi connectivity index (χ1v) is 8.44. The van der Waals surface area contributed by atoms with Crippen molar-refractivity contribution >= 4 is 28.3 Å². The lowest BCUT2D eigenvalue weighted by Crippen LogP contribution is -2.39. The normalized spacial score (nSPS) is 17.8. The molecule has 1 aliphatic heterocycles. The van der Waals surface area contributed by atoms with E-state index < -0.39 is 0 Å². The van der Waals surface area contributed by atoms with E-state index in [1.54, 1.807) is 24.5 Å². The van der Waals surface area contributed by atoms with E-state index in [-0.39, 0.29) is 17.7 Å². The van der Waals surface area contributed by atoms with Gasteiger partial charge in [0.15, 0.2) is 5.13 Å². The summed E-state index contributed by atoms with van der Waals surface area (Å²) in [5.41, 5.74) is 1.61. The molecule has 1 fully saturated rings. The first-order chi connectivity index (χ1) is 11.1. The minimum atomic E-state index is -0.121. The fourth-order valence-electron chi connectivity index (χ4n) is 2.76. The van der Waals surface area contributed by atoms with Crippen LogP contribution in [0.3, 0.4) is 0 Å². The van der Waals surface area contributed by atoms with Crippen LogP contribution >= 0.6 is 11.3 Å². The van der Waals surface area contributed by atoms with Gasteiger partial charge in [0.05, 0.1) is 5.69 Å². The van der Waals surface area contributed by atoms with Crippen molar-refractivity contribution in [2.24, 2.45) is 0 Å². The average Bonchev–Trinajstić information content (AvgIpc) is 3.03. The Morgan fingerprint density at radius 2 is 2.13 bits per heavy atom. The summed E-state index contributed by atoms with van der Waals surface area (Å²) in [5.74, 6) is 0.131. The van der Waals surface area contributed by atoms with E-state index in [0.29, 0.717) is 17.2 Å². The van der Waals surface area contributed by atoms with Gasteiger partial charge in [-0.15, -0.1) is 11.3 Å². The summed E-state index contributed by atoms with van der Waals surface area (Å²) >= 11 is 1.42. The van der Waals surface area contributed by atoms with Gasteiger partial charge in [-0.3, -0.25) is 14.6 Å². The predicted molar refractivity (Wildman–Crippen MR) is 88.5 cm³/mol. The zero-order valence-corrected chi connectivity index (χ0v) is 13.7. The number of nitrogens with zero attached hydrogens (tertiary/aromatic N) is 3. The van der Waals surface area contributed by atoms with Crippen LogP contribution in [0.15, 0.2) is 29.9 Å². The zero-order valence-electron chi connectivity index (χ0n) is 12.9. The lowest BCUT2D eigenvalue weighted by molar-refractivity contribution is -0.114. The Kier molecular flexibility index (Phi) is 4.66. The van der Waals surface area contributed by atoms with Crippen LogP contribution in [0, 0.1) is 0 Å². The largest absolute Gasteiger partial charge is 0.338 e. The van der Waals surface area contributed by atoms with E-state index in [0.717, 1.165) is 25.1 Å². The number of nitrogens with one attached hydrogen (secondary N) is 1. The molecule has 1 N–H and O–H groups in total. The molecule has 0 spiro atoms. The number of amides is 2. The minimum Gasteiger partial charge on any atom is -0.338 e. The van der Waals surface area contributed by atoms with Crippen molar-refractivity contribution in [3.8, 4) is 0 Å². The molecule has 6 nitrogen and oxygen atoms in total. The fraction of sp³-hybridized carbons (Fsp3) is 0.375. The lowest BCUT2D eigenvalue weighted by atomic mass is 9.95. The Hall–Kier alpha value is -2.28. The maximum Gasteiger partial charge on any atom is 0.253 e. The van der Waals surface area contributed by atoms with E-state index in [1.165, 1.54) is 18.3 Å². The Bertz CT molecular complexity index is 701. The third kappa shape index (κ3) is 3.73. The third-order valence-electron chi connectivity index (χ3n) is 3.86. The highest BCUT2D eigenvalue weighted by atomic mass is 32.1. The van der Waals surface area contributed by atoms with Crippen molar-refractivity contribution in [2.75, 3.05) is 18.4 Å². The summed E-state index contributed by atoms with van der Waals surface area (Å²) in [6, 6.07) is 3.48. The number of thiazole rings is 1. The van der Waals surface area contributed by atoms with Gasteiger partial charge < -0.3 is 10.2 Å². The quantitative estimate of drug-likeness (QED) is 0.938. The lowest BCUT2D eigenvalue weighted by Gasteiger charge is -2.32. The topological polar surface area (TPSA) is 75.2 Å². The van der Waals surface area contributed by atoms with Crippen LogP contribution in [0.25, 0.3) is 0 Å². The molecule has 23 heavy (non-hydrogen) atoms. The number of carbonyl (C=O) groups is 2.